The molecule has 90 valence electrons. The van der Waals surface area contributed by atoms with E-state index in [0.717, 1.165) is 5.01 Å². The van der Waals surface area contributed by atoms with Gasteiger partial charge in [-0.2, -0.15) is 0 Å². The van der Waals surface area contributed by atoms with Gasteiger partial charge in [0.05, 0.1) is 12.1 Å². The Bertz CT molecular complexity index is 371. The molecule has 0 unspecified atom stereocenters. The van der Waals surface area contributed by atoms with Crippen molar-refractivity contribution in [2.75, 3.05) is 20.6 Å². The summed E-state index contributed by atoms with van der Waals surface area (Å²) in [4.78, 5) is 18.6. The van der Waals surface area contributed by atoms with Crippen molar-refractivity contribution >= 4 is 17.2 Å². The van der Waals surface area contributed by atoms with Gasteiger partial charge in [-0.3, -0.25) is 10.1 Å². The molecule has 1 rings (SSSR count). The molecule has 0 spiro atoms. The molecule has 0 aromatic carbocycles. The van der Waals surface area contributed by atoms with Crippen LogP contribution in [-0.4, -0.2) is 36.4 Å². The van der Waals surface area contributed by atoms with Crippen molar-refractivity contribution in [2.45, 2.75) is 26.3 Å². The van der Waals surface area contributed by atoms with Crippen LogP contribution in [0.3, 0.4) is 0 Å². The number of amides is 1. The van der Waals surface area contributed by atoms with Crippen LogP contribution < -0.4 is 5.32 Å². The Morgan fingerprint density at radius 2 is 2.19 bits per heavy atom. The van der Waals surface area contributed by atoms with Crippen molar-refractivity contribution in [1.82, 2.24) is 15.2 Å². The number of carbonyl (C=O) groups excluding carboxylic acids is 1. The van der Waals surface area contributed by atoms with Crippen LogP contribution in [0.2, 0.25) is 0 Å². The monoisotopic (exact) mass is 241 g/mol. The van der Waals surface area contributed by atoms with Crippen LogP contribution >= 0.6 is 11.3 Å². The summed E-state index contributed by atoms with van der Waals surface area (Å²) in [7, 11) is 3.51. The van der Waals surface area contributed by atoms with Gasteiger partial charge in [0.25, 0.3) is 0 Å². The largest absolute Gasteiger partial charge is 0.348 e. The minimum Gasteiger partial charge on any atom is -0.348 e. The molecule has 1 N–H and O–H groups in total. The van der Waals surface area contributed by atoms with E-state index in [1.807, 2.05) is 27.0 Å². The number of carbonyl (C=O) groups is 1. The Kier molecular flexibility index (Phi) is 4.04. The SMILES string of the molecule is Cc1cnc(C(C)(C)NCC(=O)N(C)C)s1. The Balaban J connectivity index is 2.62. The Hall–Kier alpha value is -0.940. The van der Waals surface area contributed by atoms with Crippen molar-refractivity contribution in [3.05, 3.63) is 16.1 Å². The number of hydrogen-bond acceptors (Lipinski definition) is 4. The molecule has 0 saturated carbocycles. The first-order valence-electron chi connectivity index (χ1n) is 5.21. The van der Waals surface area contributed by atoms with Crippen molar-refractivity contribution in [2.24, 2.45) is 0 Å². The maximum Gasteiger partial charge on any atom is 0.236 e. The van der Waals surface area contributed by atoms with Crippen molar-refractivity contribution in [3.8, 4) is 0 Å². The van der Waals surface area contributed by atoms with Gasteiger partial charge in [-0.25, -0.2) is 4.98 Å². The fraction of sp³-hybridized carbons (Fsp3) is 0.636. The van der Waals surface area contributed by atoms with E-state index in [1.54, 1.807) is 30.3 Å². The molecule has 0 bridgehead atoms. The van der Waals surface area contributed by atoms with Crippen LogP contribution in [0.15, 0.2) is 6.20 Å². The third kappa shape index (κ3) is 3.28. The van der Waals surface area contributed by atoms with E-state index in [2.05, 4.69) is 10.3 Å². The molecule has 0 saturated heterocycles. The highest BCUT2D eigenvalue weighted by Crippen LogP contribution is 2.24. The first-order chi connectivity index (χ1) is 7.33. The molecule has 16 heavy (non-hydrogen) atoms. The minimum atomic E-state index is -0.259. The summed E-state index contributed by atoms with van der Waals surface area (Å²) in [6.07, 6.45) is 1.86. The van der Waals surface area contributed by atoms with Crippen LogP contribution in [-0.2, 0) is 10.3 Å². The Morgan fingerprint density at radius 1 is 1.56 bits per heavy atom. The van der Waals surface area contributed by atoms with Gasteiger partial charge in [0, 0.05) is 25.2 Å². The van der Waals surface area contributed by atoms with Gasteiger partial charge in [0.1, 0.15) is 5.01 Å². The van der Waals surface area contributed by atoms with Crippen LogP contribution in [0.25, 0.3) is 0 Å². The van der Waals surface area contributed by atoms with Gasteiger partial charge in [-0.1, -0.05) is 0 Å². The van der Waals surface area contributed by atoms with E-state index in [4.69, 9.17) is 0 Å². The normalized spacial score (nSPS) is 11.6. The zero-order valence-electron chi connectivity index (χ0n) is 10.5. The lowest BCUT2D eigenvalue weighted by Gasteiger charge is -2.24. The van der Waals surface area contributed by atoms with Crippen molar-refractivity contribution < 1.29 is 4.79 Å². The maximum absolute atomic E-state index is 11.5. The first kappa shape index (κ1) is 13.1. The summed E-state index contributed by atoms with van der Waals surface area (Å²) in [6, 6.07) is 0. The smallest absolute Gasteiger partial charge is 0.236 e. The predicted molar refractivity (Wildman–Crippen MR) is 66.6 cm³/mol. The molecule has 0 aliphatic carbocycles. The summed E-state index contributed by atoms with van der Waals surface area (Å²) in [5.41, 5.74) is -0.259. The molecule has 0 atom stereocenters. The molecule has 1 amide bonds. The quantitative estimate of drug-likeness (QED) is 0.866. The van der Waals surface area contributed by atoms with E-state index >= 15 is 0 Å². The number of aryl methyl sites for hydroxylation is 1. The highest BCUT2D eigenvalue weighted by molar-refractivity contribution is 7.11. The number of likely N-dealkylation sites (N-methyl/N-ethyl adjacent to an activating group) is 1. The van der Waals surface area contributed by atoms with E-state index in [9.17, 15) is 4.79 Å². The number of rotatable bonds is 4. The van der Waals surface area contributed by atoms with E-state index < -0.39 is 0 Å². The first-order valence-corrected chi connectivity index (χ1v) is 6.02. The van der Waals surface area contributed by atoms with E-state index in [0.29, 0.717) is 6.54 Å². The molecule has 1 aromatic heterocycles. The van der Waals surface area contributed by atoms with Crippen molar-refractivity contribution in [1.29, 1.82) is 0 Å². The van der Waals surface area contributed by atoms with E-state index in [1.165, 1.54) is 4.88 Å². The number of hydrogen-bond donors (Lipinski definition) is 1. The third-order valence-electron chi connectivity index (χ3n) is 2.34. The van der Waals surface area contributed by atoms with Crippen LogP contribution in [0, 0.1) is 6.92 Å². The second-order valence-corrected chi connectivity index (χ2v) is 5.78. The highest BCUT2D eigenvalue weighted by atomic mass is 32.1. The number of nitrogens with one attached hydrogen (secondary N) is 1. The maximum atomic E-state index is 11.5. The summed E-state index contributed by atoms with van der Waals surface area (Å²) in [5.74, 6) is 0.0707. The topological polar surface area (TPSA) is 45.2 Å². The lowest BCUT2D eigenvalue weighted by Crippen LogP contribution is -2.43. The zero-order valence-corrected chi connectivity index (χ0v) is 11.3. The second-order valence-electron chi connectivity index (χ2n) is 4.54. The fourth-order valence-corrected chi connectivity index (χ4v) is 2.02. The summed E-state index contributed by atoms with van der Waals surface area (Å²) in [5, 5.41) is 4.24. The van der Waals surface area contributed by atoms with Gasteiger partial charge < -0.3 is 4.90 Å². The van der Waals surface area contributed by atoms with Gasteiger partial charge >= 0.3 is 0 Å². The highest BCUT2D eigenvalue weighted by Gasteiger charge is 2.24. The molecule has 0 aliphatic rings. The molecule has 0 fully saturated rings. The summed E-state index contributed by atoms with van der Waals surface area (Å²) < 4.78 is 0. The lowest BCUT2D eigenvalue weighted by atomic mass is 10.1. The van der Waals surface area contributed by atoms with Gasteiger partial charge in [-0.05, 0) is 20.8 Å². The Morgan fingerprint density at radius 3 is 2.62 bits per heavy atom. The predicted octanol–water partition coefficient (Wildman–Crippen LogP) is 1.36. The number of aromatic nitrogens is 1. The van der Waals surface area contributed by atoms with Crippen LogP contribution in [0.4, 0.5) is 0 Å². The van der Waals surface area contributed by atoms with Crippen LogP contribution in [0.5, 0.6) is 0 Å². The number of nitrogens with zero attached hydrogens (tertiary/aromatic N) is 2. The average molecular weight is 241 g/mol. The molecule has 5 heteroatoms. The molecular formula is C11H19N3OS. The van der Waals surface area contributed by atoms with Crippen molar-refractivity contribution in [3.63, 3.8) is 0 Å². The molecule has 1 heterocycles. The molecule has 4 nitrogen and oxygen atoms in total. The van der Waals surface area contributed by atoms with Gasteiger partial charge in [-0.15, -0.1) is 11.3 Å². The Labute approximate surface area is 101 Å². The standard InChI is InChI=1S/C11H19N3OS/c1-8-6-12-10(16-8)11(2,3)13-7-9(15)14(4)5/h6,13H,7H2,1-5H3. The molecular weight excluding hydrogens is 222 g/mol. The lowest BCUT2D eigenvalue weighted by molar-refractivity contribution is -0.128. The summed E-state index contributed by atoms with van der Waals surface area (Å²) >= 11 is 1.66. The van der Waals surface area contributed by atoms with Crippen LogP contribution in [0.1, 0.15) is 23.7 Å². The number of thiazole rings is 1. The second kappa shape index (κ2) is 4.93. The van der Waals surface area contributed by atoms with Gasteiger partial charge in [0.2, 0.25) is 5.91 Å². The molecule has 0 radical (unpaired) electrons. The molecule has 0 aliphatic heterocycles. The minimum absolute atomic E-state index is 0.0707. The fourth-order valence-electron chi connectivity index (χ4n) is 1.17. The average Bonchev–Trinajstić information content (AvgIpc) is 2.61. The zero-order chi connectivity index (χ0) is 12.3. The third-order valence-corrected chi connectivity index (χ3v) is 3.57. The molecule has 1 aromatic rings. The van der Waals surface area contributed by atoms with E-state index in [-0.39, 0.29) is 11.4 Å². The summed E-state index contributed by atoms with van der Waals surface area (Å²) in [6.45, 7) is 6.43. The van der Waals surface area contributed by atoms with Gasteiger partial charge in [0.15, 0.2) is 0 Å².